The fourth-order valence-corrected chi connectivity index (χ4v) is 7.97. The molecule has 10 rings (SSSR count). The van der Waals surface area contributed by atoms with E-state index in [-0.39, 0.29) is 12.3 Å². The van der Waals surface area contributed by atoms with Crippen LogP contribution in [0.3, 0.4) is 0 Å². The average Bonchev–Trinajstić information content (AvgIpc) is 3.71. The Bertz CT molecular complexity index is 2600. The van der Waals surface area contributed by atoms with E-state index in [9.17, 15) is 0 Å². The lowest BCUT2D eigenvalue weighted by Gasteiger charge is -2.34. The van der Waals surface area contributed by atoms with Gasteiger partial charge in [-0.1, -0.05) is 121 Å². The molecule has 6 aromatic carbocycles. The molecule has 0 saturated heterocycles. The predicted molar refractivity (Wildman–Crippen MR) is 208 cm³/mol. The van der Waals surface area contributed by atoms with E-state index >= 15 is 0 Å². The Balaban J connectivity index is 1.10. The summed E-state index contributed by atoms with van der Waals surface area (Å²) in [5.41, 5.74) is 10.8. The van der Waals surface area contributed by atoms with Crippen molar-refractivity contribution in [2.45, 2.75) is 25.2 Å². The molecule has 2 aliphatic rings. The molecule has 0 spiro atoms. The van der Waals surface area contributed by atoms with Crippen LogP contribution in [-0.2, 0) is 0 Å². The molecule has 50 heavy (non-hydrogen) atoms. The smallest absolute Gasteiger partial charge is 0.131 e. The second-order valence-corrected chi connectivity index (χ2v) is 13.2. The monoisotopic (exact) mass is 645 g/mol. The number of nitrogens with one attached hydrogen (secondary N) is 2. The van der Waals surface area contributed by atoms with Crippen LogP contribution in [-0.4, -0.2) is 21.1 Å². The Morgan fingerprint density at radius 1 is 0.560 bits per heavy atom. The molecule has 0 amide bonds. The maximum Gasteiger partial charge on any atom is 0.131 e. The largest absolute Gasteiger partial charge is 0.350 e. The van der Waals surface area contributed by atoms with Gasteiger partial charge in [0.25, 0.3) is 0 Å². The van der Waals surface area contributed by atoms with E-state index in [1.165, 1.54) is 66.1 Å². The third kappa shape index (κ3) is 4.70. The van der Waals surface area contributed by atoms with Crippen molar-refractivity contribution in [3.63, 3.8) is 0 Å². The molecule has 2 N–H and O–H groups in total. The summed E-state index contributed by atoms with van der Waals surface area (Å²) >= 11 is 0. The van der Waals surface area contributed by atoms with E-state index in [1.54, 1.807) is 0 Å². The minimum Gasteiger partial charge on any atom is -0.350 e. The third-order valence-corrected chi connectivity index (χ3v) is 10.3. The Kier molecular flexibility index (Phi) is 6.78. The molecule has 2 aromatic heterocycles. The van der Waals surface area contributed by atoms with Crippen LogP contribution in [0, 0.1) is 0 Å². The van der Waals surface area contributed by atoms with Crippen LogP contribution in [0.25, 0.3) is 55.0 Å². The minimum absolute atomic E-state index is 0.0586. The topological polar surface area (TPSA) is 46.3 Å². The highest BCUT2D eigenvalue weighted by atomic mass is 15.3. The van der Waals surface area contributed by atoms with E-state index in [0.29, 0.717) is 0 Å². The van der Waals surface area contributed by atoms with E-state index in [0.717, 1.165) is 24.2 Å². The number of aliphatic imine (C=N–C) groups is 1. The van der Waals surface area contributed by atoms with E-state index in [4.69, 9.17) is 4.99 Å². The summed E-state index contributed by atoms with van der Waals surface area (Å²) in [5.74, 6) is 0.912. The van der Waals surface area contributed by atoms with E-state index in [2.05, 4.69) is 184 Å². The SMILES string of the molecule is C1=C(C2N=C(c3ccccc3)NC(c3ccccc3)N2)CCC=C1n1c2ccccc2c2cc(-n3c4ccccc4c4ccccc43)ccc21. The first-order chi connectivity index (χ1) is 24.8. The van der Waals surface area contributed by atoms with Gasteiger partial charge in [-0.25, -0.2) is 4.99 Å². The van der Waals surface area contributed by atoms with Gasteiger partial charge in [0.2, 0.25) is 0 Å². The number of hydrogen-bond donors (Lipinski definition) is 2. The Morgan fingerprint density at radius 2 is 1.14 bits per heavy atom. The molecule has 1 aliphatic carbocycles. The number of allylic oxidation sites excluding steroid dienone is 3. The molecule has 8 aromatic rings. The highest BCUT2D eigenvalue weighted by Crippen LogP contribution is 2.38. The van der Waals surface area contributed by atoms with Gasteiger partial charge in [0.1, 0.15) is 18.2 Å². The van der Waals surface area contributed by atoms with Crippen LogP contribution in [0.4, 0.5) is 0 Å². The van der Waals surface area contributed by atoms with Gasteiger partial charge in [0, 0.05) is 38.5 Å². The maximum absolute atomic E-state index is 5.27. The van der Waals surface area contributed by atoms with Crippen molar-refractivity contribution in [1.82, 2.24) is 19.8 Å². The molecule has 0 radical (unpaired) electrons. The van der Waals surface area contributed by atoms with Crippen molar-refractivity contribution in [1.29, 1.82) is 0 Å². The van der Waals surface area contributed by atoms with Crippen molar-refractivity contribution < 1.29 is 0 Å². The molecule has 5 nitrogen and oxygen atoms in total. The van der Waals surface area contributed by atoms with Gasteiger partial charge in [0.15, 0.2) is 0 Å². The molecule has 5 heteroatoms. The van der Waals surface area contributed by atoms with E-state index in [1.807, 2.05) is 0 Å². The Hall–Kier alpha value is -6.17. The summed E-state index contributed by atoms with van der Waals surface area (Å²) in [6.07, 6.45) is 6.43. The first kappa shape index (κ1) is 28.8. The highest BCUT2D eigenvalue weighted by Gasteiger charge is 2.28. The van der Waals surface area contributed by atoms with Gasteiger partial charge in [-0.3, -0.25) is 5.32 Å². The zero-order valence-corrected chi connectivity index (χ0v) is 27.5. The van der Waals surface area contributed by atoms with Crippen molar-refractivity contribution in [2.24, 2.45) is 4.99 Å². The summed E-state index contributed by atoms with van der Waals surface area (Å²) in [7, 11) is 0. The predicted octanol–water partition coefficient (Wildman–Crippen LogP) is 10.1. The summed E-state index contributed by atoms with van der Waals surface area (Å²) in [5, 5.41) is 12.5. The van der Waals surface area contributed by atoms with Crippen LogP contribution in [0.1, 0.15) is 30.1 Å². The van der Waals surface area contributed by atoms with Crippen molar-refractivity contribution in [3.8, 4) is 5.69 Å². The van der Waals surface area contributed by atoms with Crippen LogP contribution in [0.2, 0.25) is 0 Å². The summed E-state index contributed by atoms with van der Waals surface area (Å²) in [6, 6.07) is 54.2. The summed E-state index contributed by atoms with van der Waals surface area (Å²) in [6.45, 7) is 0. The highest BCUT2D eigenvalue weighted by molar-refractivity contribution is 6.13. The Morgan fingerprint density at radius 3 is 1.84 bits per heavy atom. The summed E-state index contributed by atoms with van der Waals surface area (Å²) < 4.78 is 4.85. The van der Waals surface area contributed by atoms with Crippen LogP contribution in [0.15, 0.2) is 174 Å². The fourth-order valence-electron chi connectivity index (χ4n) is 7.97. The molecule has 0 saturated carbocycles. The maximum atomic E-state index is 5.27. The molecular weight excluding hydrogens is 611 g/mol. The normalized spacial score (nSPS) is 17.9. The quantitative estimate of drug-likeness (QED) is 0.196. The number of hydrogen-bond acceptors (Lipinski definition) is 3. The van der Waals surface area contributed by atoms with Gasteiger partial charge in [0.05, 0.1) is 22.1 Å². The molecule has 0 fully saturated rings. The number of benzene rings is 6. The molecular formula is C45H35N5. The number of fused-ring (bicyclic) bond motifs is 6. The number of amidine groups is 1. The van der Waals surface area contributed by atoms with Crippen molar-refractivity contribution in [2.75, 3.05) is 0 Å². The zero-order valence-electron chi connectivity index (χ0n) is 27.5. The molecule has 1 aliphatic heterocycles. The molecule has 0 bridgehead atoms. The lowest BCUT2D eigenvalue weighted by Crippen LogP contribution is -2.49. The lowest BCUT2D eigenvalue weighted by molar-refractivity contribution is 0.425. The van der Waals surface area contributed by atoms with Crippen LogP contribution in [0.5, 0.6) is 0 Å². The van der Waals surface area contributed by atoms with Gasteiger partial charge < -0.3 is 14.5 Å². The second kappa shape index (κ2) is 11.8. The molecule has 2 atom stereocenters. The van der Waals surface area contributed by atoms with Crippen LogP contribution >= 0.6 is 0 Å². The first-order valence-electron chi connectivity index (χ1n) is 17.4. The molecule has 2 unspecified atom stereocenters. The number of para-hydroxylation sites is 3. The second-order valence-electron chi connectivity index (χ2n) is 13.2. The standard InChI is InChI=1S/C45H35N5/c1-3-14-30(15-4-1)43-46-44(31-16-5-2-6-17-31)48-45(47-43)32-18-13-19-33(28-32)49-41-25-12-9-22-37(41)38-29-34(26-27-42(38)49)50-39-23-10-7-20-35(39)36-21-8-11-24-40(36)50/h1-12,14-17,19-29,43,45,47H,13,18H2,(H,46,48). The lowest BCUT2D eigenvalue weighted by atomic mass is 9.98. The molecule has 240 valence electrons. The van der Waals surface area contributed by atoms with Gasteiger partial charge in [-0.2, -0.15) is 0 Å². The minimum atomic E-state index is -0.157. The number of rotatable bonds is 5. The van der Waals surface area contributed by atoms with Gasteiger partial charge >= 0.3 is 0 Å². The average molecular weight is 646 g/mol. The van der Waals surface area contributed by atoms with Gasteiger partial charge in [-0.05, 0) is 66.5 Å². The van der Waals surface area contributed by atoms with Crippen molar-refractivity contribution in [3.05, 3.63) is 181 Å². The number of nitrogens with zero attached hydrogens (tertiary/aromatic N) is 3. The zero-order chi connectivity index (χ0) is 33.0. The summed E-state index contributed by atoms with van der Waals surface area (Å²) in [4.78, 5) is 5.27. The third-order valence-electron chi connectivity index (χ3n) is 10.3. The van der Waals surface area contributed by atoms with Gasteiger partial charge in [-0.15, -0.1) is 0 Å². The first-order valence-corrected chi connectivity index (χ1v) is 17.4. The van der Waals surface area contributed by atoms with E-state index < -0.39 is 0 Å². The molecule has 3 heterocycles. The Labute approximate surface area is 290 Å². The van der Waals surface area contributed by atoms with Crippen LogP contribution < -0.4 is 10.6 Å². The number of aromatic nitrogens is 2. The fraction of sp³-hybridized carbons (Fsp3) is 0.0889. The van der Waals surface area contributed by atoms with Crippen molar-refractivity contribution >= 4 is 55.1 Å².